The lowest BCUT2D eigenvalue weighted by Crippen LogP contribution is -2.29. The average molecular weight is 335 g/mol. The number of non-ortho nitro benzene ring substituents is 1. The van der Waals surface area contributed by atoms with Crippen molar-refractivity contribution in [2.45, 2.75) is 4.90 Å². The smallest absolute Gasteiger partial charge is 0.271 e. The van der Waals surface area contributed by atoms with Gasteiger partial charge in [0.15, 0.2) is 6.61 Å². The summed E-state index contributed by atoms with van der Waals surface area (Å²) < 4.78 is 27.8. The molecule has 0 unspecified atom stereocenters. The molecule has 1 aromatic carbocycles. The molecule has 1 amide bonds. The van der Waals surface area contributed by atoms with E-state index in [0.717, 1.165) is 18.2 Å². The standard InChI is InChI=1S/C11H11ClN2O6S/c1-2-5-13-11(15)7-20-9-4-3-8(14(16)17)6-10(9)21(12,18)19/h2-4,6H,1,5,7H2,(H,13,15). The average Bonchev–Trinajstić information content (AvgIpc) is 2.41. The highest BCUT2D eigenvalue weighted by Crippen LogP contribution is 2.30. The van der Waals surface area contributed by atoms with Gasteiger partial charge in [0.1, 0.15) is 10.6 Å². The van der Waals surface area contributed by atoms with Gasteiger partial charge in [-0.1, -0.05) is 6.08 Å². The first-order valence-corrected chi connectivity index (χ1v) is 7.80. The molecule has 0 fully saturated rings. The highest BCUT2D eigenvalue weighted by molar-refractivity contribution is 8.13. The summed E-state index contributed by atoms with van der Waals surface area (Å²) >= 11 is 0. The van der Waals surface area contributed by atoms with E-state index >= 15 is 0 Å². The molecule has 0 saturated carbocycles. The maximum absolute atomic E-state index is 11.4. The molecule has 0 aromatic heterocycles. The number of benzene rings is 1. The normalized spacial score (nSPS) is 10.7. The van der Waals surface area contributed by atoms with Crippen LogP contribution in [0.25, 0.3) is 0 Å². The highest BCUT2D eigenvalue weighted by atomic mass is 35.7. The molecular formula is C11H11ClN2O6S. The summed E-state index contributed by atoms with van der Waals surface area (Å²) in [6.45, 7) is 3.17. The van der Waals surface area contributed by atoms with Crippen LogP contribution in [0.3, 0.4) is 0 Å². The van der Waals surface area contributed by atoms with Crippen LogP contribution in [0.4, 0.5) is 5.69 Å². The van der Waals surface area contributed by atoms with E-state index in [-0.39, 0.29) is 12.3 Å². The van der Waals surface area contributed by atoms with Crippen LogP contribution in [-0.4, -0.2) is 32.4 Å². The molecule has 114 valence electrons. The number of rotatable bonds is 7. The molecule has 21 heavy (non-hydrogen) atoms. The molecule has 0 heterocycles. The third-order valence-corrected chi connectivity index (χ3v) is 3.55. The maximum Gasteiger partial charge on any atom is 0.271 e. The van der Waals surface area contributed by atoms with Gasteiger partial charge in [-0.2, -0.15) is 0 Å². The third kappa shape index (κ3) is 5.04. The molecule has 0 radical (unpaired) electrons. The van der Waals surface area contributed by atoms with Crippen LogP contribution in [0, 0.1) is 10.1 Å². The molecule has 0 saturated heterocycles. The van der Waals surface area contributed by atoms with Gasteiger partial charge in [0.05, 0.1) is 4.92 Å². The summed E-state index contributed by atoms with van der Waals surface area (Å²) in [5.74, 6) is -0.754. The minimum atomic E-state index is -4.26. The Morgan fingerprint density at radius 3 is 2.71 bits per heavy atom. The Kier molecular flexibility index (Phi) is 5.68. The minimum Gasteiger partial charge on any atom is -0.482 e. The van der Waals surface area contributed by atoms with Crippen molar-refractivity contribution >= 4 is 31.3 Å². The van der Waals surface area contributed by atoms with Crippen LogP contribution in [0.15, 0.2) is 35.7 Å². The molecule has 0 aliphatic rings. The summed E-state index contributed by atoms with van der Waals surface area (Å²) in [6.07, 6.45) is 1.46. The fraction of sp³-hybridized carbons (Fsp3) is 0.182. The summed E-state index contributed by atoms with van der Waals surface area (Å²) in [5.41, 5.74) is -0.460. The monoisotopic (exact) mass is 334 g/mol. The number of halogens is 1. The number of carbonyl (C=O) groups excluding carboxylic acids is 1. The van der Waals surface area contributed by atoms with Gasteiger partial charge in [0.25, 0.3) is 20.6 Å². The number of nitro groups is 1. The van der Waals surface area contributed by atoms with Crippen LogP contribution >= 0.6 is 10.7 Å². The van der Waals surface area contributed by atoms with E-state index in [1.54, 1.807) is 0 Å². The quantitative estimate of drug-likeness (QED) is 0.347. The molecule has 0 aliphatic carbocycles. The van der Waals surface area contributed by atoms with E-state index in [2.05, 4.69) is 11.9 Å². The third-order valence-electron chi connectivity index (χ3n) is 2.20. The van der Waals surface area contributed by atoms with E-state index < -0.39 is 37.1 Å². The number of nitrogens with zero attached hydrogens (tertiary/aromatic N) is 1. The second-order valence-electron chi connectivity index (χ2n) is 3.71. The van der Waals surface area contributed by atoms with E-state index in [1.807, 2.05) is 0 Å². The number of amides is 1. The predicted octanol–water partition coefficient (Wildman–Crippen LogP) is 1.20. The van der Waals surface area contributed by atoms with Crippen LogP contribution in [0.1, 0.15) is 0 Å². The first kappa shape index (κ1) is 16.9. The molecule has 0 spiro atoms. The van der Waals surface area contributed by atoms with Gasteiger partial charge in [0, 0.05) is 29.4 Å². The fourth-order valence-electron chi connectivity index (χ4n) is 1.30. The van der Waals surface area contributed by atoms with Crippen molar-refractivity contribution in [1.29, 1.82) is 0 Å². The number of carbonyl (C=O) groups is 1. The summed E-state index contributed by atoms with van der Waals surface area (Å²) in [5, 5.41) is 13.0. The first-order valence-electron chi connectivity index (χ1n) is 5.49. The number of nitro benzene ring substituents is 1. The van der Waals surface area contributed by atoms with Gasteiger partial charge in [-0.25, -0.2) is 8.42 Å². The molecule has 0 bridgehead atoms. The van der Waals surface area contributed by atoms with Crippen molar-refractivity contribution in [2.75, 3.05) is 13.2 Å². The maximum atomic E-state index is 11.4. The number of nitrogens with one attached hydrogen (secondary N) is 1. The summed E-state index contributed by atoms with van der Waals surface area (Å²) in [6, 6.07) is 2.87. The van der Waals surface area contributed by atoms with Crippen molar-refractivity contribution in [2.24, 2.45) is 0 Å². The molecule has 8 nitrogen and oxygen atoms in total. The van der Waals surface area contributed by atoms with Crippen molar-refractivity contribution < 1.29 is 22.9 Å². The molecular weight excluding hydrogens is 324 g/mol. The van der Waals surface area contributed by atoms with Crippen LogP contribution in [0.2, 0.25) is 0 Å². The molecule has 0 atom stereocenters. The summed E-state index contributed by atoms with van der Waals surface area (Å²) in [4.78, 5) is 20.6. The predicted molar refractivity (Wildman–Crippen MR) is 74.8 cm³/mol. The highest BCUT2D eigenvalue weighted by Gasteiger charge is 2.21. The fourth-order valence-corrected chi connectivity index (χ4v) is 2.29. The largest absolute Gasteiger partial charge is 0.482 e. The van der Waals surface area contributed by atoms with Crippen molar-refractivity contribution in [3.8, 4) is 5.75 Å². The zero-order chi connectivity index (χ0) is 16.0. The lowest BCUT2D eigenvalue weighted by Gasteiger charge is -2.09. The zero-order valence-corrected chi connectivity index (χ0v) is 12.2. The van der Waals surface area contributed by atoms with Gasteiger partial charge in [0.2, 0.25) is 0 Å². The molecule has 1 aromatic rings. The van der Waals surface area contributed by atoms with Crippen LogP contribution < -0.4 is 10.1 Å². The number of ether oxygens (including phenoxy) is 1. The molecule has 1 rings (SSSR count). The van der Waals surface area contributed by atoms with E-state index in [0.29, 0.717) is 0 Å². The SMILES string of the molecule is C=CCNC(=O)COc1ccc([N+](=O)[O-])cc1S(=O)(=O)Cl. The lowest BCUT2D eigenvalue weighted by atomic mass is 10.3. The minimum absolute atomic E-state index is 0.225. The van der Waals surface area contributed by atoms with E-state index in [4.69, 9.17) is 15.4 Å². The van der Waals surface area contributed by atoms with Gasteiger partial charge >= 0.3 is 0 Å². The van der Waals surface area contributed by atoms with Gasteiger partial charge in [-0.05, 0) is 6.07 Å². The Bertz CT molecular complexity index is 673. The van der Waals surface area contributed by atoms with Crippen molar-refractivity contribution in [3.63, 3.8) is 0 Å². The van der Waals surface area contributed by atoms with E-state index in [1.165, 1.54) is 6.08 Å². The molecule has 10 heteroatoms. The zero-order valence-electron chi connectivity index (χ0n) is 10.6. The second-order valence-corrected chi connectivity index (χ2v) is 6.24. The van der Waals surface area contributed by atoms with Crippen LogP contribution in [0.5, 0.6) is 5.75 Å². The Hall–Kier alpha value is -2.13. The van der Waals surface area contributed by atoms with Crippen molar-refractivity contribution in [1.82, 2.24) is 5.32 Å². The Balaban J connectivity index is 2.99. The van der Waals surface area contributed by atoms with Gasteiger partial charge < -0.3 is 10.1 Å². The summed E-state index contributed by atoms with van der Waals surface area (Å²) in [7, 11) is 0.936. The first-order chi connectivity index (χ1) is 9.75. The number of hydrogen-bond acceptors (Lipinski definition) is 6. The van der Waals surface area contributed by atoms with Crippen LogP contribution in [-0.2, 0) is 13.8 Å². The topological polar surface area (TPSA) is 116 Å². The Morgan fingerprint density at radius 1 is 1.52 bits per heavy atom. The Labute approximate surface area is 124 Å². The lowest BCUT2D eigenvalue weighted by molar-refractivity contribution is -0.385. The molecule has 1 N–H and O–H groups in total. The van der Waals surface area contributed by atoms with E-state index in [9.17, 15) is 23.3 Å². The molecule has 0 aliphatic heterocycles. The van der Waals surface area contributed by atoms with Gasteiger partial charge in [-0.3, -0.25) is 14.9 Å². The van der Waals surface area contributed by atoms with Crippen molar-refractivity contribution in [3.05, 3.63) is 41.0 Å². The number of hydrogen-bond donors (Lipinski definition) is 1. The Morgan fingerprint density at radius 2 is 2.19 bits per heavy atom. The second kappa shape index (κ2) is 7.04. The van der Waals surface area contributed by atoms with Gasteiger partial charge in [-0.15, -0.1) is 6.58 Å².